The Hall–Kier alpha value is 0.1000. The largest absolute Gasteiger partial charge is 0.385 e. The molecule has 1 saturated carbocycles. The molecule has 0 aliphatic heterocycles. The third-order valence-electron chi connectivity index (χ3n) is 3.61. The third-order valence-corrected chi connectivity index (χ3v) is 5.49. The molecular weight excluding hydrogens is 358 g/mol. The van der Waals surface area contributed by atoms with Gasteiger partial charge in [-0.3, -0.25) is 0 Å². The zero-order valence-electron chi connectivity index (χ0n) is 10.6. The molecule has 1 aromatic rings. The van der Waals surface area contributed by atoms with E-state index in [9.17, 15) is 0 Å². The summed E-state index contributed by atoms with van der Waals surface area (Å²) in [5, 5.41) is 3.57. The van der Waals surface area contributed by atoms with Crippen molar-refractivity contribution >= 4 is 31.9 Å². The van der Waals surface area contributed by atoms with Gasteiger partial charge in [-0.1, -0.05) is 6.07 Å². The van der Waals surface area contributed by atoms with Crippen LogP contribution in [-0.2, 0) is 11.3 Å². The number of hydrogen-bond donors (Lipinski definition) is 1. The Bertz CT molecular complexity index is 405. The molecule has 4 heteroatoms. The molecule has 2 nitrogen and oxygen atoms in total. The lowest BCUT2D eigenvalue weighted by atomic mass is 10.0. The smallest absolute Gasteiger partial charge is 0.0468 e. The van der Waals surface area contributed by atoms with Crippen molar-refractivity contribution in [1.82, 2.24) is 5.32 Å². The fraction of sp³-hybridized carbons (Fsp3) is 0.571. The second-order valence-electron chi connectivity index (χ2n) is 5.09. The first-order valence-electron chi connectivity index (χ1n) is 6.29. The van der Waals surface area contributed by atoms with Crippen LogP contribution in [0.25, 0.3) is 0 Å². The summed E-state index contributed by atoms with van der Waals surface area (Å²) in [4.78, 5) is 0. The van der Waals surface area contributed by atoms with E-state index in [1.807, 2.05) is 0 Å². The van der Waals surface area contributed by atoms with Crippen LogP contribution in [0.2, 0.25) is 0 Å². The lowest BCUT2D eigenvalue weighted by Crippen LogP contribution is -2.24. The van der Waals surface area contributed by atoms with E-state index in [0.29, 0.717) is 5.41 Å². The van der Waals surface area contributed by atoms with E-state index in [1.54, 1.807) is 7.11 Å². The number of nitrogens with one attached hydrogen (secondary N) is 1. The predicted molar refractivity (Wildman–Crippen MR) is 81.7 cm³/mol. The second-order valence-corrected chi connectivity index (χ2v) is 6.80. The number of methoxy groups -OCH3 is 1. The van der Waals surface area contributed by atoms with Crippen LogP contribution >= 0.6 is 31.9 Å². The summed E-state index contributed by atoms with van der Waals surface area (Å²) < 4.78 is 7.39. The third kappa shape index (κ3) is 4.05. The summed E-state index contributed by atoms with van der Waals surface area (Å²) in [6, 6.07) is 6.39. The summed E-state index contributed by atoms with van der Waals surface area (Å²) in [6.45, 7) is 2.91. The maximum absolute atomic E-state index is 5.17. The first kappa shape index (κ1) is 14.5. The van der Waals surface area contributed by atoms with Gasteiger partial charge in [-0.05, 0) is 74.2 Å². The molecule has 1 N–H and O–H groups in total. The van der Waals surface area contributed by atoms with Crippen LogP contribution in [0, 0.1) is 5.41 Å². The molecule has 0 bridgehead atoms. The molecule has 0 amide bonds. The van der Waals surface area contributed by atoms with Crippen molar-refractivity contribution in [3.8, 4) is 0 Å². The van der Waals surface area contributed by atoms with Crippen molar-refractivity contribution in [2.24, 2.45) is 5.41 Å². The summed E-state index contributed by atoms with van der Waals surface area (Å²) in [7, 11) is 1.78. The maximum atomic E-state index is 5.17. The van der Waals surface area contributed by atoms with Gasteiger partial charge in [0.05, 0.1) is 0 Å². The Morgan fingerprint density at radius 3 is 2.67 bits per heavy atom. The van der Waals surface area contributed by atoms with Gasteiger partial charge in [0.25, 0.3) is 0 Å². The van der Waals surface area contributed by atoms with E-state index in [1.165, 1.54) is 24.8 Å². The molecule has 18 heavy (non-hydrogen) atoms. The molecular formula is C14H19Br2NO. The highest BCUT2D eigenvalue weighted by Crippen LogP contribution is 2.48. The minimum atomic E-state index is 0.516. The molecule has 1 aliphatic rings. The summed E-state index contributed by atoms with van der Waals surface area (Å²) in [5.41, 5.74) is 1.83. The fourth-order valence-electron chi connectivity index (χ4n) is 2.13. The Balaban J connectivity index is 1.76. The molecule has 0 aromatic heterocycles. The van der Waals surface area contributed by atoms with Gasteiger partial charge in [0.2, 0.25) is 0 Å². The molecule has 2 rings (SSSR count). The molecule has 0 heterocycles. The molecule has 1 aliphatic carbocycles. The van der Waals surface area contributed by atoms with Gasteiger partial charge >= 0.3 is 0 Å². The molecule has 0 unspecified atom stereocenters. The fourth-order valence-corrected chi connectivity index (χ4v) is 2.80. The minimum absolute atomic E-state index is 0.516. The first-order valence-corrected chi connectivity index (χ1v) is 7.87. The van der Waals surface area contributed by atoms with Gasteiger partial charge in [0.15, 0.2) is 0 Å². The predicted octanol–water partition coefficient (Wildman–Crippen LogP) is 4.12. The molecule has 1 fully saturated rings. The van der Waals surface area contributed by atoms with Crippen LogP contribution in [0.5, 0.6) is 0 Å². The van der Waals surface area contributed by atoms with E-state index >= 15 is 0 Å². The number of benzene rings is 1. The Kier molecular flexibility index (Phi) is 5.24. The average molecular weight is 377 g/mol. The Labute approximate surface area is 126 Å². The Morgan fingerprint density at radius 1 is 1.28 bits per heavy atom. The normalized spacial score (nSPS) is 16.8. The van der Waals surface area contributed by atoms with E-state index in [0.717, 1.165) is 28.6 Å². The van der Waals surface area contributed by atoms with E-state index < -0.39 is 0 Å². The molecule has 1 aromatic carbocycles. The van der Waals surface area contributed by atoms with Crippen molar-refractivity contribution in [3.05, 3.63) is 32.7 Å². The Morgan fingerprint density at radius 2 is 2.06 bits per heavy atom. The number of rotatable bonds is 7. The van der Waals surface area contributed by atoms with Crippen LogP contribution in [-0.4, -0.2) is 20.3 Å². The lowest BCUT2D eigenvalue weighted by molar-refractivity contribution is 0.171. The first-order chi connectivity index (χ1) is 8.65. The van der Waals surface area contributed by atoms with E-state index in [4.69, 9.17) is 4.74 Å². The highest BCUT2D eigenvalue weighted by molar-refractivity contribution is 9.13. The minimum Gasteiger partial charge on any atom is -0.385 e. The molecule has 0 radical (unpaired) electrons. The standard InChI is InChI=1S/C14H19Br2NO/c1-18-7-6-14(4-5-14)10-17-9-11-2-3-12(15)13(16)8-11/h2-3,8,17H,4-7,9-10H2,1H3. The zero-order valence-corrected chi connectivity index (χ0v) is 13.8. The quantitative estimate of drug-likeness (QED) is 0.772. The van der Waals surface area contributed by atoms with Crippen LogP contribution in [0.3, 0.4) is 0 Å². The van der Waals surface area contributed by atoms with Gasteiger partial charge in [-0.15, -0.1) is 0 Å². The van der Waals surface area contributed by atoms with Crippen LogP contribution in [0.4, 0.5) is 0 Å². The van der Waals surface area contributed by atoms with Crippen LogP contribution < -0.4 is 5.32 Å². The SMILES string of the molecule is COCCC1(CNCc2ccc(Br)c(Br)c2)CC1. The number of hydrogen-bond acceptors (Lipinski definition) is 2. The maximum Gasteiger partial charge on any atom is 0.0468 e. The summed E-state index contributed by atoms with van der Waals surface area (Å²) in [5.74, 6) is 0. The summed E-state index contributed by atoms with van der Waals surface area (Å²) in [6.07, 6.45) is 3.86. The zero-order chi connectivity index (χ0) is 13.0. The van der Waals surface area contributed by atoms with E-state index in [-0.39, 0.29) is 0 Å². The number of halogens is 2. The highest BCUT2D eigenvalue weighted by Gasteiger charge is 2.41. The molecule has 0 atom stereocenters. The lowest BCUT2D eigenvalue weighted by Gasteiger charge is -2.15. The molecule has 0 spiro atoms. The van der Waals surface area contributed by atoms with Gasteiger partial charge in [0.1, 0.15) is 0 Å². The van der Waals surface area contributed by atoms with Crippen molar-refractivity contribution < 1.29 is 4.74 Å². The van der Waals surface area contributed by atoms with Gasteiger partial charge in [-0.25, -0.2) is 0 Å². The average Bonchev–Trinajstić information content (AvgIpc) is 3.12. The molecule has 0 saturated heterocycles. The van der Waals surface area contributed by atoms with Crippen LogP contribution in [0.1, 0.15) is 24.8 Å². The van der Waals surface area contributed by atoms with Crippen LogP contribution in [0.15, 0.2) is 27.1 Å². The highest BCUT2D eigenvalue weighted by atomic mass is 79.9. The topological polar surface area (TPSA) is 21.3 Å². The van der Waals surface area contributed by atoms with E-state index in [2.05, 4.69) is 55.4 Å². The molecule has 100 valence electrons. The van der Waals surface area contributed by atoms with Gasteiger partial charge in [0, 0.05) is 35.8 Å². The van der Waals surface area contributed by atoms with Gasteiger partial charge in [-0.2, -0.15) is 0 Å². The van der Waals surface area contributed by atoms with Crippen molar-refractivity contribution in [1.29, 1.82) is 0 Å². The van der Waals surface area contributed by atoms with Gasteiger partial charge < -0.3 is 10.1 Å². The van der Waals surface area contributed by atoms with Crippen molar-refractivity contribution in [3.63, 3.8) is 0 Å². The number of ether oxygens (including phenoxy) is 1. The second kappa shape index (κ2) is 6.51. The monoisotopic (exact) mass is 375 g/mol. The van der Waals surface area contributed by atoms with Crippen molar-refractivity contribution in [2.75, 3.05) is 20.3 Å². The summed E-state index contributed by atoms with van der Waals surface area (Å²) >= 11 is 7.02. The van der Waals surface area contributed by atoms with Crippen molar-refractivity contribution in [2.45, 2.75) is 25.8 Å².